The molecule has 0 aliphatic heterocycles. The fourth-order valence-electron chi connectivity index (χ4n) is 2.30. The van der Waals surface area contributed by atoms with Crippen molar-refractivity contribution in [2.45, 2.75) is 45.4 Å². The maximum atomic E-state index is 5.79. The number of rotatable bonds is 3. The standard InChI is InChI=1S/C16H21NO/c1-2-3-10-15-11-7-12-16(17-15)18-13-14-8-5-4-6-9-14/h7,11-12,14H,2,4-6,8-9,13H2,1H3. The van der Waals surface area contributed by atoms with E-state index in [2.05, 4.69) is 16.8 Å². The molecule has 96 valence electrons. The molecule has 1 saturated carbocycles. The van der Waals surface area contributed by atoms with Crippen molar-refractivity contribution >= 4 is 0 Å². The molecule has 2 rings (SSSR count). The molecule has 1 aliphatic rings. The first-order valence-electron chi connectivity index (χ1n) is 6.97. The maximum absolute atomic E-state index is 5.79. The second-order valence-electron chi connectivity index (χ2n) is 4.83. The van der Waals surface area contributed by atoms with Gasteiger partial charge >= 0.3 is 0 Å². The Morgan fingerprint density at radius 3 is 2.89 bits per heavy atom. The monoisotopic (exact) mass is 243 g/mol. The summed E-state index contributed by atoms with van der Waals surface area (Å²) in [6, 6.07) is 5.80. The van der Waals surface area contributed by atoms with Gasteiger partial charge in [0.1, 0.15) is 5.69 Å². The number of hydrogen-bond donors (Lipinski definition) is 0. The molecule has 0 aromatic carbocycles. The number of pyridine rings is 1. The highest BCUT2D eigenvalue weighted by atomic mass is 16.5. The summed E-state index contributed by atoms with van der Waals surface area (Å²) in [4.78, 5) is 4.40. The third kappa shape index (κ3) is 4.07. The van der Waals surface area contributed by atoms with Crippen molar-refractivity contribution in [3.05, 3.63) is 23.9 Å². The second-order valence-corrected chi connectivity index (χ2v) is 4.83. The average molecular weight is 243 g/mol. The Morgan fingerprint density at radius 2 is 2.11 bits per heavy atom. The smallest absolute Gasteiger partial charge is 0.214 e. The highest BCUT2D eigenvalue weighted by Gasteiger charge is 2.14. The van der Waals surface area contributed by atoms with Gasteiger partial charge < -0.3 is 4.74 Å². The van der Waals surface area contributed by atoms with Gasteiger partial charge in [0.05, 0.1) is 6.61 Å². The zero-order valence-electron chi connectivity index (χ0n) is 11.1. The van der Waals surface area contributed by atoms with E-state index in [0.717, 1.165) is 18.7 Å². The fourth-order valence-corrected chi connectivity index (χ4v) is 2.30. The van der Waals surface area contributed by atoms with Gasteiger partial charge in [-0.1, -0.05) is 38.2 Å². The Balaban J connectivity index is 1.88. The van der Waals surface area contributed by atoms with E-state index in [1.807, 2.05) is 25.1 Å². The highest BCUT2D eigenvalue weighted by Crippen LogP contribution is 2.24. The van der Waals surface area contributed by atoms with Crippen LogP contribution in [0, 0.1) is 17.8 Å². The van der Waals surface area contributed by atoms with Crippen molar-refractivity contribution in [3.63, 3.8) is 0 Å². The number of hydrogen-bond acceptors (Lipinski definition) is 2. The average Bonchev–Trinajstić information content (AvgIpc) is 2.44. The molecule has 0 unspecified atom stereocenters. The lowest BCUT2D eigenvalue weighted by molar-refractivity contribution is 0.203. The van der Waals surface area contributed by atoms with Crippen molar-refractivity contribution in [1.82, 2.24) is 4.98 Å². The van der Waals surface area contributed by atoms with Crippen LogP contribution in [0.3, 0.4) is 0 Å². The summed E-state index contributed by atoms with van der Waals surface area (Å²) in [6.45, 7) is 2.84. The van der Waals surface area contributed by atoms with Gasteiger partial charge in [-0.3, -0.25) is 0 Å². The van der Waals surface area contributed by atoms with Crippen LogP contribution in [0.5, 0.6) is 5.88 Å². The minimum atomic E-state index is 0.712. The highest BCUT2D eigenvalue weighted by molar-refractivity contribution is 5.30. The van der Waals surface area contributed by atoms with Crippen LogP contribution in [-0.4, -0.2) is 11.6 Å². The lowest BCUT2D eigenvalue weighted by atomic mass is 9.90. The molecule has 0 spiro atoms. The van der Waals surface area contributed by atoms with Crippen molar-refractivity contribution in [2.24, 2.45) is 5.92 Å². The van der Waals surface area contributed by atoms with Crippen molar-refractivity contribution < 1.29 is 4.74 Å². The lowest BCUT2D eigenvalue weighted by Crippen LogP contribution is -2.15. The van der Waals surface area contributed by atoms with Gasteiger partial charge in [-0.05, 0) is 30.7 Å². The minimum absolute atomic E-state index is 0.712. The first kappa shape index (κ1) is 13.0. The Kier molecular flexibility index (Phi) is 5.08. The van der Waals surface area contributed by atoms with Gasteiger partial charge in [0.25, 0.3) is 0 Å². The molecule has 2 nitrogen and oxygen atoms in total. The van der Waals surface area contributed by atoms with E-state index in [-0.39, 0.29) is 0 Å². The van der Waals surface area contributed by atoms with Crippen LogP contribution in [0.4, 0.5) is 0 Å². The van der Waals surface area contributed by atoms with E-state index >= 15 is 0 Å². The van der Waals surface area contributed by atoms with Gasteiger partial charge in [0, 0.05) is 12.5 Å². The Bertz CT molecular complexity index is 424. The second kappa shape index (κ2) is 7.06. The molecule has 1 fully saturated rings. The third-order valence-corrected chi connectivity index (χ3v) is 3.31. The van der Waals surface area contributed by atoms with E-state index in [9.17, 15) is 0 Å². The molecule has 0 saturated heterocycles. The van der Waals surface area contributed by atoms with E-state index in [1.54, 1.807) is 0 Å². The quantitative estimate of drug-likeness (QED) is 0.753. The van der Waals surface area contributed by atoms with Crippen LogP contribution in [-0.2, 0) is 0 Å². The molecule has 1 aliphatic carbocycles. The van der Waals surface area contributed by atoms with E-state index in [0.29, 0.717) is 11.8 Å². The molecule has 2 heteroatoms. The molecule has 0 bridgehead atoms. The molecule has 1 aromatic heterocycles. The predicted octanol–water partition coefficient (Wildman–Crippen LogP) is 3.80. The zero-order valence-corrected chi connectivity index (χ0v) is 11.1. The molecule has 0 atom stereocenters. The largest absolute Gasteiger partial charge is 0.477 e. The summed E-state index contributed by atoms with van der Waals surface area (Å²) in [7, 11) is 0. The summed E-state index contributed by atoms with van der Waals surface area (Å²) in [5.41, 5.74) is 0.804. The molecule has 0 N–H and O–H groups in total. The molecular formula is C16H21NO. The van der Waals surface area contributed by atoms with Crippen LogP contribution >= 0.6 is 0 Å². The first-order chi connectivity index (χ1) is 8.88. The minimum Gasteiger partial charge on any atom is -0.477 e. The summed E-state index contributed by atoms with van der Waals surface area (Å²) < 4.78 is 5.79. The maximum Gasteiger partial charge on any atom is 0.214 e. The Labute approximate surface area is 110 Å². The van der Waals surface area contributed by atoms with E-state index in [1.165, 1.54) is 32.1 Å². The van der Waals surface area contributed by atoms with Crippen molar-refractivity contribution in [1.29, 1.82) is 0 Å². The SMILES string of the molecule is CCC#Cc1cccc(OCC2CCCCC2)n1. The molecule has 0 amide bonds. The van der Waals surface area contributed by atoms with Crippen molar-refractivity contribution in [2.75, 3.05) is 6.61 Å². The van der Waals surface area contributed by atoms with Crippen LogP contribution in [0.15, 0.2) is 18.2 Å². The molecular weight excluding hydrogens is 222 g/mol. The Hall–Kier alpha value is -1.49. The summed E-state index contributed by atoms with van der Waals surface area (Å²) in [5, 5.41) is 0. The molecule has 18 heavy (non-hydrogen) atoms. The molecule has 1 heterocycles. The lowest BCUT2D eigenvalue weighted by Gasteiger charge is -2.21. The van der Waals surface area contributed by atoms with Gasteiger partial charge in [-0.15, -0.1) is 0 Å². The molecule has 1 aromatic rings. The summed E-state index contributed by atoms with van der Waals surface area (Å²) in [6.07, 6.45) is 7.54. The first-order valence-corrected chi connectivity index (χ1v) is 6.97. The van der Waals surface area contributed by atoms with Gasteiger partial charge in [-0.2, -0.15) is 0 Å². The number of aromatic nitrogens is 1. The summed E-state index contributed by atoms with van der Waals surface area (Å²) >= 11 is 0. The van der Waals surface area contributed by atoms with Gasteiger partial charge in [-0.25, -0.2) is 4.98 Å². The van der Waals surface area contributed by atoms with Crippen LogP contribution < -0.4 is 4.74 Å². The Morgan fingerprint density at radius 1 is 1.28 bits per heavy atom. The normalized spacial score (nSPS) is 15.8. The van der Waals surface area contributed by atoms with E-state index in [4.69, 9.17) is 4.74 Å². The van der Waals surface area contributed by atoms with Gasteiger partial charge in [0.2, 0.25) is 5.88 Å². The van der Waals surface area contributed by atoms with Crippen molar-refractivity contribution in [3.8, 4) is 17.7 Å². The zero-order chi connectivity index (χ0) is 12.6. The van der Waals surface area contributed by atoms with E-state index < -0.39 is 0 Å². The fraction of sp³-hybridized carbons (Fsp3) is 0.562. The van der Waals surface area contributed by atoms with Crippen LogP contribution in [0.2, 0.25) is 0 Å². The number of ether oxygens (including phenoxy) is 1. The number of nitrogens with zero attached hydrogens (tertiary/aromatic N) is 1. The van der Waals surface area contributed by atoms with Crippen LogP contribution in [0.1, 0.15) is 51.1 Å². The summed E-state index contributed by atoms with van der Waals surface area (Å²) in [5.74, 6) is 7.49. The topological polar surface area (TPSA) is 22.1 Å². The third-order valence-electron chi connectivity index (χ3n) is 3.31. The predicted molar refractivity (Wildman–Crippen MR) is 73.5 cm³/mol. The van der Waals surface area contributed by atoms with Gasteiger partial charge in [0.15, 0.2) is 0 Å². The van der Waals surface area contributed by atoms with Crippen LogP contribution in [0.25, 0.3) is 0 Å². The molecule has 0 radical (unpaired) electrons.